The molecule has 0 spiro atoms. The summed E-state index contributed by atoms with van der Waals surface area (Å²) in [6.07, 6.45) is 3.22. The number of ether oxygens (including phenoxy) is 1. The van der Waals surface area contributed by atoms with Gasteiger partial charge >= 0.3 is 0 Å². The second-order valence-electron chi connectivity index (χ2n) is 10.3. The molecule has 0 aliphatic carbocycles. The van der Waals surface area contributed by atoms with Crippen molar-refractivity contribution in [2.24, 2.45) is 7.05 Å². The van der Waals surface area contributed by atoms with Gasteiger partial charge in [-0.25, -0.2) is 23.1 Å². The van der Waals surface area contributed by atoms with E-state index < -0.39 is 10.0 Å². The highest BCUT2D eigenvalue weighted by Crippen LogP contribution is 2.30. The number of imidazole rings is 1. The summed E-state index contributed by atoms with van der Waals surface area (Å²) in [6.45, 7) is 7.93. The minimum atomic E-state index is -3.17. The summed E-state index contributed by atoms with van der Waals surface area (Å²) < 4.78 is 34.9. The van der Waals surface area contributed by atoms with E-state index in [-0.39, 0.29) is 0 Å². The van der Waals surface area contributed by atoms with Gasteiger partial charge in [0.25, 0.3) is 0 Å². The van der Waals surface area contributed by atoms with E-state index in [4.69, 9.17) is 19.8 Å². The first-order valence-corrected chi connectivity index (χ1v) is 15.1. The number of benzene rings is 1. The minimum Gasteiger partial charge on any atom is -0.378 e. The molecule has 6 rings (SSSR count). The Kier molecular flexibility index (Phi) is 6.88. The lowest BCUT2D eigenvalue weighted by Crippen LogP contribution is -2.48. The average molecular weight is 551 g/mol. The van der Waals surface area contributed by atoms with Crippen molar-refractivity contribution in [1.29, 1.82) is 0 Å². The summed E-state index contributed by atoms with van der Waals surface area (Å²) >= 11 is 0. The monoisotopic (exact) mass is 550 g/mol. The van der Waals surface area contributed by atoms with Gasteiger partial charge in [-0.05, 0) is 19.1 Å². The van der Waals surface area contributed by atoms with E-state index in [0.29, 0.717) is 45.9 Å². The van der Waals surface area contributed by atoms with Gasteiger partial charge in [-0.2, -0.15) is 9.40 Å². The van der Waals surface area contributed by atoms with Gasteiger partial charge in [-0.3, -0.25) is 4.90 Å². The molecule has 4 aromatic rings. The van der Waals surface area contributed by atoms with Crippen molar-refractivity contribution >= 4 is 26.9 Å². The number of nitrogens with zero attached hydrogens (tertiary/aromatic N) is 8. The molecule has 39 heavy (non-hydrogen) atoms. The number of fused-ring (bicyclic) bond motifs is 1. The third-order valence-electron chi connectivity index (χ3n) is 7.54. The van der Waals surface area contributed by atoms with Gasteiger partial charge in [0.05, 0.1) is 37.4 Å². The van der Waals surface area contributed by atoms with E-state index in [2.05, 4.69) is 45.6 Å². The fourth-order valence-corrected chi connectivity index (χ4v) is 6.13. The predicted molar refractivity (Wildman–Crippen MR) is 151 cm³/mol. The molecule has 2 saturated heterocycles. The van der Waals surface area contributed by atoms with Crippen LogP contribution >= 0.6 is 0 Å². The summed E-state index contributed by atoms with van der Waals surface area (Å²) in [5, 5.41) is 4.86. The van der Waals surface area contributed by atoms with Crippen molar-refractivity contribution in [3.63, 3.8) is 0 Å². The standard InChI is InChI=1S/C27H34N8O3S/c1-20-5-4-6-21(17-20)22-7-8-35(30-22)24-18-23(33-13-15-38-16-14-33)26-27(29-24)31(2)25(28-26)19-32-9-11-34(12-10-32)39(3,36)37/h4-8,17-18H,9-16,19H2,1-3H3. The van der Waals surface area contributed by atoms with Gasteiger partial charge in [0.2, 0.25) is 10.0 Å². The molecule has 11 nitrogen and oxygen atoms in total. The molecule has 12 heteroatoms. The number of rotatable bonds is 6. The number of aryl methyl sites for hydroxylation is 2. The maximum Gasteiger partial charge on any atom is 0.211 e. The topological polar surface area (TPSA) is 102 Å². The van der Waals surface area contributed by atoms with Crippen LogP contribution in [0.25, 0.3) is 28.2 Å². The molecule has 0 atom stereocenters. The predicted octanol–water partition coefficient (Wildman–Crippen LogP) is 2.04. The van der Waals surface area contributed by atoms with Crippen LogP contribution in [-0.2, 0) is 28.4 Å². The maximum atomic E-state index is 11.9. The van der Waals surface area contributed by atoms with E-state index >= 15 is 0 Å². The molecule has 2 fully saturated rings. The van der Waals surface area contributed by atoms with Gasteiger partial charge in [0, 0.05) is 64.1 Å². The first-order valence-electron chi connectivity index (χ1n) is 13.3. The Balaban J connectivity index is 1.35. The van der Waals surface area contributed by atoms with E-state index in [1.54, 1.807) is 0 Å². The van der Waals surface area contributed by atoms with Crippen molar-refractivity contribution in [1.82, 2.24) is 33.5 Å². The van der Waals surface area contributed by atoms with Crippen LogP contribution in [0.5, 0.6) is 0 Å². The van der Waals surface area contributed by atoms with Crippen LogP contribution in [0.3, 0.4) is 0 Å². The Morgan fingerprint density at radius 1 is 0.974 bits per heavy atom. The zero-order chi connectivity index (χ0) is 27.1. The SMILES string of the molecule is Cc1cccc(-c2ccn(-c3cc(N4CCOCC4)c4nc(CN5CCN(S(C)(=O)=O)CC5)n(C)c4n3)n2)c1. The van der Waals surface area contributed by atoms with Crippen LogP contribution in [0.4, 0.5) is 5.69 Å². The molecule has 2 aliphatic rings. The Morgan fingerprint density at radius 2 is 1.74 bits per heavy atom. The molecule has 5 heterocycles. The average Bonchev–Trinajstić information content (AvgIpc) is 3.54. The van der Waals surface area contributed by atoms with Gasteiger partial charge in [-0.15, -0.1) is 0 Å². The molecular weight excluding hydrogens is 516 g/mol. The van der Waals surface area contributed by atoms with Crippen LogP contribution in [0.15, 0.2) is 42.6 Å². The van der Waals surface area contributed by atoms with Crippen molar-refractivity contribution < 1.29 is 13.2 Å². The van der Waals surface area contributed by atoms with E-state index in [1.165, 1.54) is 16.1 Å². The molecule has 0 N–H and O–H groups in total. The molecule has 1 aromatic carbocycles. The lowest BCUT2D eigenvalue weighted by atomic mass is 10.1. The second kappa shape index (κ2) is 10.3. The van der Waals surface area contributed by atoms with Gasteiger partial charge in [0.15, 0.2) is 11.5 Å². The summed E-state index contributed by atoms with van der Waals surface area (Å²) in [7, 11) is -1.17. The molecule has 0 amide bonds. The van der Waals surface area contributed by atoms with E-state index in [9.17, 15) is 8.42 Å². The van der Waals surface area contributed by atoms with Crippen LogP contribution in [0.1, 0.15) is 11.4 Å². The number of hydrogen-bond acceptors (Lipinski definition) is 8. The highest BCUT2D eigenvalue weighted by Gasteiger charge is 2.26. The smallest absolute Gasteiger partial charge is 0.211 e. The highest BCUT2D eigenvalue weighted by molar-refractivity contribution is 7.88. The van der Waals surface area contributed by atoms with Crippen LogP contribution in [0, 0.1) is 6.92 Å². The van der Waals surface area contributed by atoms with Crippen LogP contribution < -0.4 is 4.90 Å². The largest absolute Gasteiger partial charge is 0.378 e. The summed E-state index contributed by atoms with van der Waals surface area (Å²) in [5.74, 6) is 1.64. The van der Waals surface area contributed by atoms with Gasteiger partial charge in [0.1, 0.15) is 11.3 Å². The van der Waals surface area contributed by atoms with Crippen molar-refractivity contribution in [2.45, 2.75) is 13.5 Å². The molecular formula is C27H34N8O3S. The number of pyridine rings is 1. The Labute approximate surface area is 228 Å². The van der Waals surface area contributed by atoms with E-state index in [1.807, 2.05) is 30.1 Å². The zero-order valence-corrected chi connectivity index (χ0v) is 23.4. The first kappa shape index (κ1) is 25.9. The molecule has 0 radical (unpaired) electrons. The molecule has 0 saturated carbocycles. The van der Waals surface area contributed by atoms with Crippen LogP contribution in [-0.4, -0.2) is 101 Å². The molecule has 0 bridgehead atoms. The molecule has 206 valence electrons. The maximum absolute atomic E-state index is 11.9. The molecule has 3 aromatic heterocycles. The van der Waals surface area contributed by atoms with Crippen LogP contribution in [0.2, 0.25) is 0 Å². The fourth-order valence-electron chi connectivity index (χ4n) is 5.30. The van der Waals surface area contributed by atoms with E-state index in [0.717, 1.165) is 52.8 Å². The zero-order valence-electron chi connectivity index (χ0n) is 22.6. The summed E-state index contributed by atoms with van der Waals surface area (Å²) in [6, 6.07) is 12.4. The Hall–Kier alpha value is -3.32. The number of morpholine rings is 1. The third-order valence-corrected chi connectivity index (χ3v) is 8.84. The lowest BCUT2D eigenvalue weighted by Gasteiger charge is -2.32. The molecule has 0 unspecified atom stereocenters. The summed E-state index contributed by atoms with van der Waals surface area (Å²) in [5.41, 5.74) is 5.84. The number of sulfonamides is 1. The van der Waals surface area contributed by atoms with Crippen molar-refractivity contribution in [3.8, 4) is 17.1 Å². The quantitative estimate of drug-likeness (QED) is 0.360. The molecule has 2 aliphatic heterocycles. The Morgan fingerprint density at radius 3 is 2.46 bits per heavy atom. The van der Waals surface area contributed by atoms with Crippen molar-refractivity contribution in [2.75, 3.05) is 63.6 Å². The first-order chi connectivity index (χ1) is 18.8. The Bertz CT molecular complexity index is 1600. The normalized spacial score (nSPS) is 17.8. The van der Waals surface area contributed by atoms with Crippen molar-refractivity contribution in [3.05, 3.63) is 54.0 Å². The second-order valence-corrected chi connectivity index (χ2v) is 12.3. The fraction of sp³-hybridized carbons (Fsp3) is 0.444. The number of anilines is 1. The number of piperazine rings is 1. The third kappa shape index (κ3) is 5.29. The van der Waals surface area contributed by atoms with Gasteiger partial charge < -0.3 is 14.2 Å². The number of hydrogen-bond donors (Lipinski definition) is 0. The minimum absolute atomic E-state index is 0.493. The van der Waals surface area contributed by atoms with Gasteiger partial charge in [-0.1, -0.05) is 23.8 Å². The summed E-state index contributed by atoms with van der Waals surface area (Å²) in [4.78, 5) is 14.6. The lowest BCUT2D eigenvalue weighted by molar-refractivity contribution is 0.123. The highest BCUT2D eigenvalue weighted by atomic mass is 32.2. The number of aromatic nitrogens is 5.